The monoisotopic (exact) mass is 223 g/mol. The molecule has 1 unspecified atom stereocenters. The molecule has 1 aliphatic rings. The van der Waals surface area contributed by atoms with Gasteiger partial charge in [-0.2, -0.15) is 5.11 Å². The maximum Gasteiger partial charge on any atom is 0.256 e. The van der Waals surface area contributed by atoms with Gasteiger partial charge in [0.25, 0.3) is 5.24 Å². The van der Waals surface area contributed by atoms with Gasteiger partial charge in [-0.05, 0) is 34.5 Å². The maximum absolute atomic E-state index is 11.0. The summed E-state index contributed by atoms with van der Waals surface area (Å²) in [6, 6.07) is 4.21. The van der Waals surface area contributed by atoms with E-state index in [1.807, 2.05) is 0 Å². The zero-order valence-corrected chi connectivity index (χ0v) is 8.22. The topological polar surface area (TPSA) is 74.4 Å². The van der Waals surface area contributed by atoms with Crippen LogP contribution in [0.1, 0.15) is 22.0 Å². The lowest BCUT2D eigenvalue weighted by Gasteiger charge is -2.05. The fourth-order valence-electron chi connectivity index (χ4n) is 1.26. The Labute approximate surface area is 90.1 Å². The minimum Gasteiger partial charge on any atom is -0.507 e. The van der Waals surface area contributed by atoms with Crippen LogP contribution >= 0.6 is 11.6 Å². The van der Waals surface area contributed by atoms with Crippen molar-refractivity contribution < 1.29 is 9.90 Å². The van der Waals surface area contributed by atoms with Gasteiger partial charge in [-0.25, -0.2) is 0 Å². The highest BCUT2D eigenvalue weighted by atomic mass is 35.5. The molecule has 0 spiro atoms. The Morgan fingerprint density at radius 2 is 2.27 bits per heavy atom. The largest absolute Gasteiger partial charge is 0.507 e. The van der Waals surface area contributed by atoms with E-state index in [0.29, 0.717) is 5.56 Å². The van der Waals surface area contributed by atoms with E-state index in [9.17, 15) is 9.90 Å². The first kappa shape index (κ1) is 9.79. The van der Waals surface area contributed by atoms with Crippen molar-refractivity contribution >= 4 is 23.1 Å². The Morgan fingerprint density at radius 3 is 2.87 bits per heavy atom. The highest BCUT2D eigenvalue weighted by Crippen LogP contribution is 2.26. The normalized spacial score (nSPS) is 18.3. The molecule has 1 aromatic carbocycles. The second kappa shape index (κ2) is 3.78. The smallest absolute Gasteiger partial charge is 0.256 e. The fourth-order valence-corrected chi connectivity index (χ4v) is 1.41. The van der Waals surface area contributed by atoms with Gasteiger partial charge < -0.3 is 5.11 Å². The Hall–Kier alpha value is -1.75. The number of hydrogen-bond acceptors (Lipinski definition) is 5. The van der Waals surface area contributed by atoms with Crippen molar-refractivity contribution in [1.82, 2.24) is 0 Å². The number of rotatable bonds is 2. The molecule has 1 aliphatic heterocycles. The predicted molar refractivity (Wildman–Crippen MR) is 54.4 cm³/mol. The van der Waals surface area contributed by atoms with Crippen molar-refractivity contribution in [2.45, 2.75) is 6.04 Å². The molecule has 0 aromatic heterocycles. The molecule has 76 valence electrons. The average molecular weight is 224 g/mol. The van der Waals surface area contributed by atoms with Crippen molar-refractivity contribution in [3.63, 3.8) is 0 Å². The molecule has 2 rings (SSSR count). The van der Waals surface area contributed by atoms with Gasteiger partial charge in [0.15, 0.2) is 0 Å². The SMILES string of the molecule is O=C(Cl)c1cc(C2C=NN=N2)ccc1O. The average Bonchev–Trinajstić information content (AvgIpc) is 2.71. The van der Waals surface area contributed by atoms with Crippen LogP contribution in [0.25, 0.3) is 0 Å². The molecule has 15 heavy (non-hydrogen) atoms. The summed E-state index contributed by atoms with van der Waals surface area (Å²) in [7, 11) is 0. The summed E-state index contributed by atoms with van der Waals surface area (Å²) < 4.78 is 0. The molecular weight excluding hydrogens is 218 g/mol. The van der Waals surface area contributed by atoms with Crippen molar-refractivity contribution in [2.75, 3.05) is 0 Å². The number of nitrogens with zero attached hydrogens (tertiary/aromatic N) is 3. The van der Waals surface area contributed by atoms with Crippen LogP contribution in [0, 0.1) is 0 Å². The van der Waals surface area contributed by atoms with Gasteiger partial charge >= 0.3 is 0 Å². The minimum atomic E-state index is -0.707. The summed E-state index contributed by atoms with van der Waals surface area (Å²) >= 11 is 5.30. The highest BCUT2D eigenvalue weighted by molar-refractivity contribution is 6.68. The Balaban J connectivity index is 2.42. The zero-order valence-electron chi connectivity index (χ0n) is 7.46. The van der Waals surface area contributed by atoms with Crippen molar-refractivity contribution in [3.05, 3.63) is 29.3 Å². The third-order valence-corrected chi connectivity index (χ3v) is 2.21. The van der Waals surface area contributed by atoms with Gasteiger partial charge in [0.2, 0.25) is 0 Å². The molecule has 0 radical (unpaired) electrons. The van der Waals surface area contributed by atoms with Crippen LogP contribution in [0.2, 0.25) is 0 Å². The summed E-state index contributed by atoms with van der Waals surface area (Å²) in [4.78, 5) is 11.0. The highest BCUT2D eigenvalue weighted by Gasteiger charge is 2.15. The molecule has 0 bridgehead atoms. The van der Waals surface area contributed by atoms with E-state index in [1.54, 1.807) is 6.07 Å². The number of halogens is 1. The first-order valence-corrected chi connectivity index (χ1v) is 4.52. The molecule has 0 fully saturated rings. The first-order chi connectivity index (χ1) is 7.18. The van der Waals surface area contributed by atoms with E-state index in [1.165, 1.54) is 18.3 Å². The van der Waals surface area contributed by atoms with Crippen LogP contribution in [0.15, 0.2) is 33.6 Å². The van der Waals surface area contributed by atoms with Crippen LogP contribution in [-0.4, -0.2) is 16.6 Å². The molecule has 0 aliphatic carbocycles. The lowest BCUT2D eigenvalue weighted by atomic mass is 10.1. The van der Waals surface area contributed by atoms with Crippen LogP contribution in [0.4, 0.5) is 0 Å². The van der Waals surface area contributed by atoms with Gasteiger partial charge in [-0.15, -0.1) is 5.10 Å². The predicted octanol–water partition coefficient (Wildman–Crippen LogP) is 2.26. The maximum atomic E-state index is 11.0. The van der Waals surface area contributed by atoms with Crippen LogP contribution in [0.5, 0.6) is 5.75 Å². The van der Waals surface area contributed by atoms with E-state index < -0.39 is 5.24 Å². The molecule has 1 N–H and O–H groups in total. The number of carbonyl (C=O) groups is 1. The van der Waals surface area contributed by atoms with Crippen molar-refractivity contribution in [3.8, 4) is 5.75 Å². The molecule has 0 amide bonds. The van der Waals surface area contributed by atoms with E-state index in [4.69, 9.17) is 11.6 Å². The lowest BCUT2D eigenvalue weighted by Crippen LogP contribution is -1.97. The van der Waals surface area contributed by atoms with Crippen molar-refractivity contribution in [1.29, 1.82) is 0 Å². The number of carbonyl (C=O) groups excluding carboxylic acids is 1. The van der Waals surface area contributed by atoms with Gasteiger partial charge in [0.1, 0.15) is 11.8 Å². The number of phenols is 1. The van der Waals surface area contributed by atoms with E-state index in [-0.39, 0.29) is 17.4 Å². The van der Waals surface area contributed by atoms with Gasteiger partial charge in [0, 0.05) is 0 Å². The molecule has 1 aromatic rings. The van der Waals surface area contributed by atoms with Gasteiger partial charge in [0.05, 0.1) is 11.8 Å². The summed E-state index contributed by atoms with van der Waals surface area (Å²) in [5.74, 6) is -0.148. The zero-order chi connectivity index (χ0) is 10.8. The Morgan fingerprint density at radius 1 is 1.47 bits per heavy atom. The first-order valence-electron chi connectivity index (χ1n) is 4.14. The summed E-state index contributed by atoms with van der Waals surface area (Å²) in [5.41, 5.74) is 0.770. The van der Waals surface area contributed by atoms with E-state index in [0.717, 1.165) is 0 Å². The van der Waals surface area contributed by atoms with Crippen LogP contribution < -0.4 is 0 Å². The summed E-state index contributed by atoms with van der Waals surface area (Å²) in [5, 5.41) is 19.5. The summed E-state index contributed by atoms with van der Waals surface area (Å²) in [6.45, 7) is 0. The molecule has 6 heteroatoms. The van der Waals surface area contributed by atoms with Gasteiger partial charge in [-0.1, -0.05) is 6.07 Å². The lowest BCUT2D eigenvalue weighted by molar-refractivity contribution is 0.107. The van der Waals surface area contributed by atoms with Crippen LogP contribution in [-0.2, 0) is 0 Å². The second-order valence-corrected chi connectivity index (χ2v) is 3.31. The molecule has 1 atom stereocenters. The molecule has 0 saturated carbocycles. The molecular formula is C9H6ClN3O2. The van der Waals surface area contributed by atoms with E-state index in [2.05, 4.69) is 15.4 Å². The minimum absolute atomic E-state index is 0.0599. The van der Waals surface area contributed by atoms with Gasteiger partial charge in [-0.3, -0.25) is 4.79 Å². The second-order valence-electron chi connectivity index (χ2n) is 2.96. The number of hydrogen-bond donors (Lipinski definition) is 1. The Kier molecular flexibility index (Phi) is 2.47. The quantitative estimate of drug-likeness (QED) is 0.781. The molecule has 0 saturated heterocycles. The molecule has 1 heterocycles. The third-order valence-electron chi connectivity index (χ3n) is 2.01. The van der Waals surface area contributed by atoms with E-state index >= 15 is 0 Å². The summed E-state index contributed by atoms with van der Waals surface area (Å²) in [6.07, 6.45) is 1.54. The Bertz CT molecular complexity index is 458. The number of phenolic OH excluding ortho intramolecular Hbond substituents is 1. The number of benzene rings is 1. The molecule has 5 nitrogen and oxygen atoms in total. The fraction of sp³-hybridized carbons (Fsp3) is 0.111. The number of aromatic hydroxyl groups is 1. The third kappa shape index (κ3) is 1.87. The van der Waals surface area contributed by atoms with Crippen molar-refractivity contribution in [2.24, 2.45) is 15.4 Å². The standard InChI is InChI=1S/C9H6ClN3O2/c10-9(15)6-3-5(1-2-8(6)14)7-4-11-13-12-7/h1-4,7,14H. The van der Waals surface area contributed by atoms with Crippen LogP contribution in [0.3, 0.4) is 0 Å².